The summed E-state index contributed by atoms with van der Waals surface area (Å²) in [5.41, 5.74) is 3.22. The summed E-state index contributed by atoms with van der Waals surface area (Å²) in [6, 6.07) is 31.6. The van der Waals surface area contributed by atoms with Crippen molar-refractivity contribution < 1.29 is 0 Å². The Morgan fingerprint density at radius 2 is 1.42 bits per heavy atom. The Balaban J connectivity index is 1.50. The minimum absolute atomic E-state index is 0.651. The Hall–Kier alpha value is -2.80. The molecule has 6 heteroatoms. The number of thiophene rings is 1. The maximum atomic E-state index is 5.00. The maximum absolute atomic E-state index is 5.00. The van der Waals surface area contributed by atoms with Crippen molar-refractivity contribution in [1.29, 1.82) is 0 Å². The molecule has 6 rings (SSSR count). The molecule has 0 saturated carbocycles. The molecule has 0 aliphatic heterocycles. The van der Waals surface area contributed by atoms with Gasteiger partial charge in [-0.15, -0.1) is 11.3 Å². The van der Waals surface area contributed by atoms with Gasteiger partial charge in [0.2, 0.25) is 0 Å². The predicted molar refractivity (Wildman–Crippen MR) is 145 cm³/mol. The van der Waals surface area contributed by atoms with Crippen LogP contribution in [-0.2, 0) is 6.54 Å². The van der Waals surface area contributed by atoms with Gasteiger partial charge in [0.05, 0.1) is 6.54 Å². The van der Waals surface area contributed by atoms with Crippen molar-refractivity contribution in [3.05, 3.63) is 106 Å². The third-order valence-electron chi connectivity index (χ3n) is 5.60. The zero-order chi connectivity index (χ0) is 22.4. The van der Waals surface area contributed by atoms with Gasteiger partial charge in [-0.25, -0.2) is 9.67 Å². The highest BCUT2D eigenvalue weighted by Gasteiger charge is 2.16. The van der Waals surface area contributed by atoms with E-state index in [1.165, 1.54) is 25.7 Å². The molecule has 160 valence electrons. The zero-order valence-corrected chi connectivity index (χ0v) is 21.4. The first kappa shape index (κ1) is 20.8. The highest BCUT2D eigenvalue weighted by atomic mass is 79.9. The molecule has 2 aromatic heterocycles. The molecule has 0 spiro atoms. The van der Waals surface area contributed by atoms with Crippen molar-refractivity contribution in [3.8, 4) is 22.8 Å². The van der Waals surface area contributed by atoms with Gasteiger partial charge in [-0.05, 0) is 35.9 Å². The molecule has 4 aromatic carbocycles. The van der Waals surface area contributed by atoms with Crippen LogP contribution in [0.15, 0.2) is 99.9 Å². The molecule has 0 aliphatic rings. The number of nitrogens with zero attached hydrogens (tertiary/aromatic N) is 3. The third kappa shape index (κ3) is 4.03. The summed E-state index contributed by atoms with van der Waals surface area (Å²) < 4.78 is 6.53. The Labute approximate surface area is 212 Å². The van der Waals surface area contributed by atoms with Gasteiger partial charge in [-0.3, -0.25) is 0 Å². The Kier molecular flexibility index (Phi) is 5.37. The number of hydrogen-bond acceptors (Lipinski definition) is 3. The van der Waals surface area contributed by atoms with Crippen molar-refractivity contribution in [1.82, 2.24) is 14.8 Å². The van der Waals surface area contributed by atoms with Crippen LogP contribution in [0.25, 0.3) is 42.9 Å². The van der Waals surface area contributed by atoms with E-state index >= 15 is 0 Å². The zero-order valence-electron chi connectivity index (χ0n) is 17.4. The molecule has 33 heavy (non-hydrogen) atoms. The lowest BCUT2D eigenvalue weighted by Crippen LogP contribution is -2.04. The van der Waals surface area contributed by atoms with Crippen LogP contribution >= 0.6 is 43.2 Å². The van der Waals surface area contributed by atoms with E-state index < -0.39 is 0 Å². The average molecular weight is 575 g/mol. The van der Waals surface area contributed by atoms with Crippen LogP contribution in [0.2, 0.25) is 0 Å². The number of aromatic nitrogens is 3. The van der Waals surface area contributed by atoms with Gasteiger partial charge in [0.1, 0.15) is 0 Å². The molecule has 0 bridgehead atoms. The van der Waals surface area contributed by atoms with E-state index in [1.54, 1.807) is 0 Å². The van der Waals surface area contributed by atoms with Gasteiger partial charge in [0.15, 0.2) is 11.6 Å². The van der Waals surface area contributed by atoms with E-state index in [9.17, 15) is 0 Å². The minimum atomic E-state index is 0.651. The molecule has 0 aliphatic carbocycles. The molecule has 0 N–H and O–H groups in total. The summed E-state index contributed by atoms with van der Waals surface area (Å²) >= 11 is 9.03. The van der Waals surface area contributed by atoms with Crippen molar-refractivity contribution in [3.63, 3.8) is 0 Å². The number of fused-ring (bicyclic) bond motifs is 3. The molecular formula is C27H17Br2N3S. The van der Waals surface area contributed by atoms with Gasteiger partial charge in [0.25, 0.3) is 0 Å². The van der Waals surface area contributed by atoms with Crippen LogP contribution < -0.4 is 0 Å². The van der Waals surface area contributed by atoms with Crippen LogP contribution in [0.3, 0.4) is 0 Å². The van der Waals surface area contributed by atoms with E-state index in [0.29, 0.717) is 6.54 Å². The topological polar surface area (TPSA) is 30.7 Å². The summed E-state index contributed by atoms with van der Waals surface area (Å²) in [6.07, 6.45) is 0. The number of halogens is 2. The van der Waals surface area contributed by atoms with Gasteiger partial charge in [-0.2, -0.15) is 5.10 Å². The number of benzene rings is 4. The molecule has 0 atom stereocenters. The van der Waals surface area contributed by atoms with Crippen molar-refractivity contribution in [2.45, 2.75) is 6.54 Å². The Morgan fingerprint density at radius 3 is 2.24 bits per heavy atom. The minimum Gasteiger partial charge on any atom is -0.241 e. The van der Waals surface area contributed by atoms with Gasteiger partial charge in [0, 0.05) is 40.2 Å². The average Bonchev–Trinajstić information content (AvgIpc) is 3.40. The summed E-state index contributed by atoms with van der Waals surface area (Å²) in [5.74, 6) is 1.57. The molecule has 0 saturated heterocycles. The molecule has 0 amide bonds. The first-order valence-corrected chi connectivity index (χ1v) is 12.9. The fourth-order valence-corrected chi connectivity index (χ4v) is 6.53. The van der Waals surface area contributed by atoms with E-state index in [-0.39, 0.29) is 0 Å². The monoisotopic (exact) mass is 573 g/mol. The van der Waals surface area contributed by atoms with E-state index in [1.807, 2.05) is 28.2 Å². The Bertz CT molecular complexity index is 1600. The Morgan fingerprint density at radius 1 is 0.697 bits per heavy atom. The molecule has 0 unspecified atom stereocenters. The van der Waals surface area contributed by atoms with Crippen LogP contribution in [0.5, 0.6) is 0 Å². The largest absolute Gasteiger partial charge is 0.241 e. The van der Waals surface area contributed by atoms with Crippen LogP contribution in [0, 0.1) is 0 Å². The molecule has 0 fully saturated rings. The van der Waals surface area contributed by atoms with Crippen molar-refractivity contribution >= 4 is 63.4 Å². The molecule has 3 nitrogen and oxygen atoms in total. The van der Waals surface area contributed by atoms with E-state index in [4.69, 9.17) is 10.1 Å². The van der Waals surface area contributed by atoms with Crippen LogP contribution in [0.1, 0.15) is 5.56 Å². The quantitative estimate of drug-likeness (QED) is 0.211. The second-order valence-corrected chi connectivity index (χ2v) is 10.8. The lowest BCUT2D eigenvalue weighted by Gasteiger charge is -2.07. The summed E-state index contributed by atoms with van der Waals surface area (Å²) in [4.78, 5) is 5.00. The van der Waals surface area contributed by atoms with Crippen LogP contribution in [0.4, 0.5) is 0 Å². The fourth-order valence-electron chi connectivity index (χ4n) is 4.09. The van der Waals surface area contributed by atoms with E-state index in [0.717, 1.165) is 31.7 Å². The molecule has 0 radical (unpaired) electrons. The predicted octanol–water partition coefficient (Wildman–Crippen LogP) is 8.55. The first-order valence-electron chi connectivity index (χ1n) is 10.5. The smallest absolute Gasteiger partial charge is 0.181 e. The fraction of sp³-hybridized carbons (Fsp3) is 0.0370. The van der Waals surface area contributed by atoms with Crippen molar-refractivity contribution in [2.75, 3.05) is 0 Å². The molecule has 2 heterocycles. The first-order chi connectivity index (χ1) is 16.1. The maximum Gasteiger partial charge on any atom is 0.181 e. The SMILES string of the molecule is Brc1cc(Br)cc(-c2nc(-c3ccc4c(c3)sc3ccccc34)nn2Cc2ccccc2)c1. The summed E-state index contributed by atoms with van der Waals surface area (Å²) in [7, 11) is 0. The van der Waals surface area contributed by atoms with Crippen LogP contribution in [-0.4, -0.2) is 14.8 Å². The van der Waals surface area contributed by atoms with Gasteiger partial charge >= 0.3 is 0 Å². The molecular weight excluding hydrogens is 558 g/mol. The lowest BCUT2D eigenvalue weighted by molar-refractivity contribution is 0.695. The van der Waals surface area contributed by atoms with E-state index in [2.05, 4.69) is 111 Å². The summed E-state index contributed by atoms with van der Waals surface area (Å²) in [5, 5.41) is 7.53. The summed E-state index contributed by atoms with van der Waals surface area (Å²) in [6.45, 7) is 0.651. The number of rotatable bonds is 4. The second-order valence-electron chi connectivity index (χ2n) is 7.87. The normalized spacial score (nSPS) is 11.5. The lowest BCUT2D eigenvalue weighted by atomic mass is 10.1. The number of hydrogen-bond donors (Lipinski definition) is 0. The van der Waals surface area contributed by atoms with Crippen molar-refractivity contribution in [2.24, 2.45) is 0 Å². The molecule has 6 aromatic rings. The highest BCUT2D eigenvalue weighted by Crippen LogP contribution is 2.36. The second kappa shape index (κ2) is 8.52. The standard InChI is InChI=1S/C27H17Br2N3S/c28-20-12-19(13-21(29)15-20)27-30-26(31-32(27)16-17-6-2-1-3-7-17)18-10-11-23-22-8-4-5-9-24(22)33-25(23)14-18/h1-15H,16H2. The third-order valence-corrected chi connectivity index (χ3v) is 7.65. The van der Waals surface area contributed by atoms with Gasteiger partial charge in [-0.1, -0.05) is 92.5 Å². The highest BCUT2D eigenvalue weighted by molar-refractivity contribution is 9.11. The van der Waals surface area contributed by atoms with Gasteiger partial charge < -0.3 is 0 Å².